The number of likely N-dealkylation sites (N-methyl/N-ethyl adjacent to an activating group) is 1. The first kappa shape index (κ1) is 12.9. The van der Waals surface area contributed by atoms with Crippen molar-refractivity contribution in [3.8, 4) is 0 Å². The van der Waals surface area contributed by atoms with Crippen LogP contribution in [-0.4, -0.2) is 34.9 Å². The van der Waals surface area contributed by atoms with Crippen LogP contribution in [0.25, 0.3) is 0 Å². The summed E-state index contributed by atoms with van der Waals surface area (Å²) in [5, 5.41) is 9.78. The number of rotatable bonds is 5. The van der Waals surface area contributed by atoms with Gasteiger partial charge < -0.3 is 10.8 Å². The van der Waals surface area contributed by atoms with E-state index in [-0.39, 0.29) is 12.2 Å². The van der Waals surface area contributed by atoms with Crippen molar-refractivity contribution in [1.82, 2.24) is 4.90 Å². The molecule has 13 heavy (non-hydrogen) atoms. The van der Waals surface area contributed by atoms with E-state index < -0.39 is 5.60 Å². The summed E-state index contributed by atoms with van der Waals surface area (Å²) in [6.45, 7) is 7.73. The van der Waals surface area contributed by atoms with Gasteiger partial charge in [0.25, 0.3) is 0 Å². The molecule has 80 valence electrons. The maximum Gasteiger partial charge on any atom is 0.0744 e. The van der Waals surface area contributed by atoms with E-state index in [1.807, 2.05) is 32.7 Å². The van der Waals surface area contributed by atoms with Crippen LogP contribution >= 0.6 is 0 Å². The summed E-state index contributed by atoms with van der Waals surface area (Å²) in [7, 11) is 1.96. The zero-order chi connectivity index (χ0) is 10.6. The first-order valence-electron chi connectivity index (χ1n) is 5.00. The summed E-state index contributed by atoms with van der Waals surface area (Å²) in [4.78, 5) is 2.03. The summed E-state index contributed by atoms with van der Waals surface area (Å²) in [5.74, 6) is 0. The lowest BCUT2D eigenvalue weighted by atomic mass is 9.99. The second-order valence-corrected chi connectivity index (χ2v) is 4.35. The van der Waals surface area contributed by atoms with Gasteiger partial charge >= 0.3 is 0 Å². The molecule has 0 amide bonds. The number of hydrogen-bond donors (Lipinski definition) is 2. The molecule has 0 aromatic carbocycles. The maximum absolute atomic E-state index is 9.78. The van der Waals surface area contributed by atoms with Crippen molar-refractivity contribution in [1.29, 1.82) is 0 Å². The lowest BCUT2D eigenvalue weighted by Crippen LogP contribution is -2.52. The van der Waals surface area contributed by atoms with Crippen LogP contribution < -0.4 is 5.73 Å². The fraction of sp³-hybridized carbons (Fsp3) is 1.00. The van der Waals surface area contributed by atoms with Gasteiger partial charge in [-0.3, -0.25) is 4.90 Å². The Morgan fingerprint density at radius 2 is 1.92 bits per heavy atom. The van der Waals surface area contributed by atoms with E-state index in [1.54, 1.807) is 0 Å². The van der Waals surface area contributed by atoms with Crippen LogP contribution in [0.4, 0.5) is 0 Å². The standard InChI is InChI=1S/C10H24N2O/c1-6-7-9(11)12(5)8(2)10(3,4)13/h8-9,13H,6-7,11H2,1-5H3. The highest BCUT2D eigenvalue weighted by molar-refractivity contribution is 4.82. The van der Waals surface area contributed by atoms with Gasteiger partial charge in [-0.15, -0.1) is 0 Å². The molecule has 0 saturated heterocycles. The van der Waals surface area contributed by atoms with E-state index in [4.69, 9.17) is 5.73 Å². The highest BCUT2D eigenvalue weighted by Crippen LogP contribution is 2.15. The first-order chi connectivity index (χ1) is 5.80. The van der Waals surface area contributed by atoms with E-state index in [0.717, 1.165) is 12.8 Å². The van der Waals surface area contributed by atoms with Crippen molar-refractivity contribution in [2.24, 2.45) is 5.73 Å². The fourth-order valence-electron chi connectivity index (χ4n) is 1.28. The molecule has 0 rings (SSSR count). The van der Waals surface area contributed by atoms with Gasteiger partial charge in [0, 0.05) is 6.04 Å². The molecular formula is C10H24N2O. The van der Waals surface area contributed by atoms with E-state index >= 15 is 0 Å². The molecule has 0 bridgehead atoms. The summed E-state index contributed by atoms with van der Waals surface area (Å²) >= 11 is 0. The van der Waals surface area contributed by atoms with Gasteiger partial charge in [0.15, 0.2) is 0 Å². The molecular weight excluding hydrogens is 164 g/mol. The first-order valence-corrected chi connectivity index (χ1v) is 5.00. The quantitative estimate of drug-likeness (QED) is 0.637. The van der Waals surface area contributed by atoms with Crippen molar-refractivity contribution in [3.05, 3.63) is 0 Å². The van der Waals surface area contributed by atoms with Crippen LogP contribution in [0.5, 0.6) is 0 Å². The molecule has 3 heteroatoms. The summed E-state index contributed by atoms with van der Waals surface area (Å²) in [6.07, 6.45) is 2.09. The van der Waals surface area contributed by atoms with Gasteiger partial charge in [0.2, 0.25) is 0 Å². The topological polar surface area (TPSA) is 49.5 Å². The van der Waals surface area contributed by atoms with E-state index in [9.17, 15) is 5.11 Å². The van der Waals surface area contributed by atoms with Crippen LogP contribution in [0, 0.1) is 0 Å². The van der Waals surface area contributed by atoms with Crippen LogP contribution in [0.15, 0.2) is 0 Å². The van der Waals surface area contributed by atoms with Crippen molar-refractivity contribution < 1.29 is 5.11 Å². The monoisotopic (exact) mass is 188 g/mol. The van der Waals surface area contributed by atoms with Crippen LogP contribution in [0.2, 0.25) is 0 Å². The van der Waals surface area contributed by atoms with Crippen molar-refractivity contribution >= 4 is 0 Å². The maximum atomic E-state index is 9.78. The third kappa shape index (κ3) is 4.07. The van der Waals surface area contributed by atoms with Gasteiger partial charge in [-0.2, -0.15) is 0 Å². The third-order valence-corrected chi connectivity index (χ3v) is 2.74. The Bertz CT molecular complexity index is 142. The lowest BCUT2D eigenvalue weighted by molar-refractivity contribution is -0.0175. The largest absolute Gasteiger partial charge is 0.389 e. The Hall–Kier alpha value is -0.120. The Balaban J connectivity index is 4.16. The van der Waals surface area contributed by atoms with Crippen LogP contribution in [-0.2, 0) is 0 Å². The molecule has 3 nitrogen and oxygen atoms in total. The molecule has 0 aromatic heterocycles. The van der Waals surface area contributed by atoms with E-state index in [0.29, 0.717) is 0 Å². The number of nitrogens with zero attached hydrogens (tertiary/aromatic N) is 1. The molecule has 0 saturated carbocycles. The van der Waals surface area contributed by atoms with Crippen molar-refractivity contribution in [2.45, 2.75) is 58.3 Å². The van der Waals surface area contributed by atoms with Gasteiger partial charge in [0.1, 0.15) is 0 Å². The Morgan fingerprint density at radius 3 is 2.23 bits per heavy atom. The average molecular weight is 188 g/mol. The zero-order valence-electron chi connectivity index (χ0n) is 9.54. The Morgan fingerprint density at radius 1 is 1.46 bits per heavy atom. The fourth-order valence-corrected chi connectivity index (χ4v) is 1.28. The van der Waals surface area contributed by atoms with Crippen LogP contribution in [0.1, 0.15) is 40.5 Å². The van der Waals surface area contributed by atoms with Gasteiger partial charge in [-0.05, 0) is 34.2 Å². The zero-order valence-corrected chi connectivity index (χ0v) is 9.54. The molecule has 0 aliphatic heterocycles. The predicted octanol–water partition coefficient (Wildman–Crippen LogP) is 1.16. The molecule has 2 atom stereocenters. The van der Waals surface area contributed by atoms with Gasteiger partial charge in [0.05, 0.1) is 11.8 Å². The summed E-state index contributed by atoms with van der Waals surface area (Å²) in [6, 6.07) is 0.0778. The molecule has 0 radical (unpaired) electrons. The van der Waals surface area contributed by atoms with Crippen molar-refractivity contribution in [3.63, 3.8) is 0 Å². The lowest BCUT2D eigenvalue weighted by Gasteiger charge is -2.37. The Labute approximate surface area is 81.9 Å². The predicted molar refractivity (Wildman–Crippen MR) is 56.4 cm³/mol. The Kier molecular flexibility index (Phi) is 4.89. The molecule has 3 N–H and O–H groups in total. The minimum atomic E-state index is -0.694. The molecule has 0 aliphatic rings. The molecule has 0 spiro atoms. The second-order valence-electron chi connectivity index (χ2n) is 4.35. The SMILES string of the molecule is CCCC(N)N(C)C(C)C(C)(C)O. The normalized spacial score (nSPS) is 17.5. The van der Waals surface area contributed by atoms with E-state index in [1.165, 1.54) is 0 Å². The molecule has 0 aromatic rings. The molecule has 0 heterocycles. The molecule has 0 aliphatic carbocycles. The molecule has 0 fully saturated rings. The molecule has 2 unspecified atom stereocenters. The van der Waals surface area contributed by atoms with Gasteiger partial charge in [-0.1, -0.05) is 13.3 Å². The van der Waals surface area contributed by atoms with Crippen molar-refractivity contribution in [2.75, 3.05) is 7.05 Å². The third-order valence-electron chi connectivity index (χ3n) is 2.74. The number of nitrogens with two attached hydrogens (primary N) is 1. The number of aliphatic hydroxyl groups is 1. The average Bonchev–Trinajstić information content (AvgIpc) is 2.00. The van der Waals surface area contributed by atoms with Crippen LogP contribution in [0.3, 0.4) is 0 Å². The van der Waals surface area contributed by atoms with Gasteiger partial charge in [-0.25, -0.2) is 0 Å². The smallest absolute Gasteiger partial charge is 0.0744 e. The second kappa shape index (κ2) is 4.94. The summed E-state index contributed by atoms with van der Waals surface area (Å²) < 4.78 is 0. The minimum absolute atomic E-state index is 0.0476. The highest BCUT2D eigenvalue weighted by Gasteiger charge is 2.28. The highest BCUT2D eigenvalue weighted by atomic mass is 16.3. The minimum Gasteiger partial charge on any atom is -0.389 e. The van der Waals surface area contributed by atoms with E-state index in [2.05, 4.69) is 6.92 Å². The number of hydrogen-bond acceptors (Lipinski definition) is 3. The summed E-state index contributed by atoms with van der Waals surface area (Å²) in [5.41, 5.74) is 5.25.